The summed E-state index contributed by atoms with van der Waals surface area (Å²) in [4.78, 5) is 26.7. The molecular formula is C15H19N5O3S. The first kappa shape index (κ1) is 16.6. The Morgan fingerprint density at radius 2 is 2.12 bits per heavy atom. The molecule has 3 rings (SSSR count). The zero-order valence-electron chi connectivity index (χ0n) is 13.8. The van der Waals surface area contributed by atoms with Gasteiger partial charge in [-0.15, -0.1) is 10.2 Å². The van der Waals surface area contributed by atoms with Crippen molar-refractivity contribution in [1.82, 2.24) is 24.6 Å². The van der Waals surface area contributed by atoms with E-state index in [0.29, 0.717) is 30.3 Å². The molecule has 3 amide bonds. The fourth-order valence-corrected chi connectivity index (χ4v) is 3.74. The van der Waals surface area contributed by atoms with Crippen LogP contribution in [0.4, 0.5) is 4.79 Å². The molecule has 1 aliphatic rings. The average Bonchev–Trinajstić information content (AvgIpc) is 3.23. The van der Waals surface area contributed by atoms with Crippen molar-refractivity contribution in [2.45, 2.75) is 31.1 Å². The lowest BCUT2D eigenvalue weighted by molar-refractivity contribution is -0.130. The largest absolute Gasteiger partial charge is 0.461 e. The minimum absolute atomic E-state index is 0.153. The zero-order chi connectivity index (χ0) is 17.3. The number of amides is 3. The number of carbonyl (C=O) groups is 2. The van der Waals surface area contributed by atoms with Gasteiger partial charge in [-0.05, 0) is 19.1 Å². The minimum Gasteiger partial charge on any atom is -0.461 e. The predicted octanol–water partition coefficient (Wildman–Crippen LogP) is 1.93. The Hall–Kier alpha value is -2.29. The molecule has 0 spiro atoms. The van der Waals surface area contributed by atoms with Crippen LogP contribution in [0.25, 0.3) is 11.6 Å². The van der Waals surface area contributed by atoms with Crippen LogP contribution in [0.15, 0.2) is 28.0 Å². The molecule has 0 aliphatic carbocycles. The number of imide groups is 1. The average molecular weight is 349 g/mol. The fraction of sp³-hybridized carbons (Fsp3) is 0.467. The SMILES string of the molecule is CCn1c(SCC2CC(=O)N(C)C(=O)N2C)nnc1-c1ccco1. The summed E-state index contributed by atoms with van der Waals surface area (Å²) in [5.41, 5.74) is 0. The third-order valence-electron chi connectivity index (χ3n) is 4.10. The standard InChI is InChI=1S/C15H19N5O3S/c1-4-20-13(11-6-5-7-23-11)16-17-14(20)24-9-10-8-12(21)19(3)15(22)18(10)2/h5-7,10H,4,8-9H2,1-3H3. The highest BCUT2D eigenvalue weighted by Gasteiger charge is 2.34. The summed E-state index contributed by atoms with van der Waals surface area (Å²) in [6.07, 6.45) is 1.92. The number of hydrogen-bond donors (Lipinski definition) is 0. The van der Waals surface area contributed by atoms with E-state index in [9.17, 15) is 9.59 Å². The summed E-state index contributed by atoms with van der Waals surface area (Å²) < 4.78 is 7.35. The Morgan fingerprint density at radius 1 is 1.33 bits per heavy atom. The van der Waals surface area contributed by atoms with E-state index in [1.165, 1.54) is 18.8 Å². The van der Waals surface area contributed by atoms with Crippen LogP contribution in [0.3, 0.4) is 0 Å². The van der Waals surface area contributed by atoms with Gasteiger partial charge in [0.25, 0.3) is 0 Å². The van der Waals surface area contributed by atoms with Gasteiger partial charge in [0.2, 0.25) is 5.91 Å². The number of aromatic nitrogens is 3. The van der Waals surface area contributed by atoms with Gasteiger partial charge in [0.1, 0.15) is 0 Å². The molecule has 1 fully saturated rings. The molecule has 128 valence electrons. The molecule has 1 aliphatic heterocycles. The zero-order valence-corrected chi connectivity index (χ0v) is 14.6. The lowest BCUT2D eigenvalue weighted by Crippen LogP contribution is -2.54. The van der Waals surface area contributed by atoms with Gasteiger partial charge >= 0.3 is 6.03 Å². The Morgan fingerprint density at radius 3 is 2.79 bits per heavy atom. The van der Waals surface area contributed by atoms with E-state index in [1.807, 2.05) is 23.6 Å². The number of hydrogen-bond acceptors (Lipinski definition) is 6. The van der Waals surface area contributed by atoms with Crippen LogP contribution >= 0.6 is 11.8 Å². The molecule has 9 heteroatoms. The maximum atomic E-state index is 12.0. The Kier molecular flexibility index (Phi) is 4.61. The highest BCUT2D eigenvalue weighted by molar-refractivity contribution is 7.99. The normalized spacial score (nSPS) is 18.5. The van der Waals surface area contributed by atoms with Crippen LogP contribution in [-0.2, 0) is 11.3 Å². The summed E-state index contributed by atoms with van der Waals surface area (Å²) in [7, 11) is 3.23. The third-order valence-corrected chi connectivity index (χ3v) is 5.21. The molecule has 2 aromatic rings. The van der Waals surface area contributed by atoms with Crippen molar-refractivity contribution in [3.8, 4) is 11.6 Å². The predicted molar refractivity (Wildman–Crippen MR) is 88.5 cm³/mol. The van der Waals surface area contributed by atoms with Crippen molar-refractivity contribution >= 4 is 23.7 Å². The molecule has 0 radical (unpaired) electrons. The van der Waals surface area contributed by atoms with Crippen LogP contribution in [0.2, 0.25) is 0 Å². The van der Waals surface area contributed by atoms with Crippen LogP contribution in [0.1, 0.15) is 13.3 Å². The first-order valence-electron chi connectivity index (χ1n) is 7.66. The second kappa shape index (κ2) is 6.68. The van der Waals surface area contributed by atoms with E-state index < -0.39 is 0 Å². The van der Waals surface area contributed by atoms with Gasteiger partial charge in [0.15, 0.2) is 16.7 Å². The van der Waals surface area contributed by atoms with Crippen molar-refractivity contribution in [3.05, 3.63) is 18.4 Å². The van der Waals surface area contributed by atoms with Crippen LogP contribution in [-0.4, -0.2) is 62.4 Å². The highest BCUT2D eigenvalue weighted by Crippen LogP contribution is 2.27. The van der Waals surface area contributed by atoms with Crippen LogP contribution < -0.4 is 0 Å². The number of urea groups is 1. The van der Waals surface area contributed by atoms with Crippen molar-refractivity contribution in [3.63, 3.8) is 0 Å². The molecule has 0 bridgehead atoms. The summed E-state index contributed by atoms with van der Waals surface area (Å²) in [6, 6.07) is 3.22. The Bertz CT molecular complexity index is 742. The maximum Gasteiger partial charge on any atom is 0.326 e. The van der Waals surface area contributed by atoms with E-state index >= 15 is 0 Å². The topological polar surface area (TPSA) is 84.5 Å². The van der Waals surface area contributed by atoms with Crippen LogP contribution in [0, 0.1) is 0 Å². The summed E-state index contributed by atoms with van der Waals surface area (Å²) in [5.74, 6) is 1.77. The summed E-state index contributed by atoms with van der Waals surface area (Å²) >= 11 is 1.49. The number of nitrogens with zero attached hydrogens (tertiary/aromatic N) is 5. The van der Waals surface area contributed by atoms with Crippen molar-refractivity contribution in [1.29, 1.82) is 0 Å². The second-order valence-corrected chi connectivity index (χ2v) is 6.53. The van der Waals surface area contributed by atoms with E-state index in [4.69, 9.17) is 4.42 Å². The minimum atomic E-state index is -0.273. The molecule has 0 aromatic carbocycles. The summed E-state index contributed by atoms with van der Waals surface area (Å²) in [5, 5.41) is 9.17. The first-order chi connectivity index (χ1) is 11.5. The van der Waals surface area contributed by atoms with E-state index in [2.05, 4.69) is 10.2 Å². The van der Waals surface area contributed by atoms with Crippen LogP contribution in [0.5, 0.6) is 0 Å². The van der Waals surface area contributed by atoms with Gasteiger partial charge in [-0.25, -0.2) is 4.79 Å². The molecule has 1 unspecified atom stereocenters. The van der Waals surface area contributed by atoms with E-state index in [0.717, 1.165) is 10.1 Å². The van der Waals surface area contributed by atoms with Crippen molar-refractivity contribution in [2.24, 2.45) is 0 Å². The lowest BCUT2D eigenvalue weighted by atomic mass is 10.1. The molecule has 8 nitrogen and oxygen atoms in total. The fourth-order valence-electron chi connectivity index (χ4n) is 2.58. The van der Waals surface area contributed by atoms with Gasteiger partial charge in [0.05, 0.1) is 12.3 Å². The second-order valence-electron chi connectivity index (χ2n) is 5.54. The molecule has 2 aromatic heterocycles. The van der Waals surface area contributed by atoms with Gasteiger partial charge in [-0.1, -0.05) is 11.8 Å². The highest BCUT2D eigenvalue weighted by atomic mass is 32.2. The van der Waals surface area contributed by atoms with Gasteiger partial charge < -0.3 is 9.32 Å². The van der Waals surface area contributed by atoms with E-state index in [-0.39, 0.29) is 18.0 Å². The summed E-state index contributed by atoms with van der Waals surface area (Å²) in [6.45, 7) is 2.71. The molecule has 3 heterocycles. The van der Waals surface area contributed by atoms with Crippen molar-refractivity contribution in [2.75, 3.05) is 19.8 Å². The Balaban J connectivity index is 1.73. The van der Waals surface area contributed by atoms with Gasteiger partial charge in [-0.3, -0.25) is 14.3 Å². The maximum absolute atomic E-state index is 12.0. The number of furan rings is 1. The number of carbonyl (C=O) groups excluding carboxylic acids is 2. The molecule has 1 saturated heterocycles. The molecule has 0 saturated carbocycles. The molecule has 24 heavy (non-hydrogen) atoms. The number of rotatable bonds is 5. The third kappa shape index (κ3) is 2.91. The van der Waals surface area contributed by atoms with Gasteiger partial charge in [-0.2, -0.15) is 0 Å². The molecule has 0 N–H and O–H groups in total. The molecular weight excluding hydrogens is 330 g/mol. The number of thioether (sulfide) groups is 1. The molecule has 1 atom stereocenters. The first-order valence-corrected chi connectivity index (χ1v) is 8.64. The van der Waals surface area contributed by atoms with Gasteiger partial charge in [0, 0.05) is 32.8 Å². The quantitative estimate of drug-likeness (QED) is 0.767. The van der Waals surface area contributed by atoms with Crippen molar-refractivity contribution < 1.29 is 14.0 Å². The Labute approximate surface area is 143 Å². The smallest absolute Gasteiger partial charge is 0.326 e. The van der Waals surface area contributed by atoms with E-state index in [1.54, 1.807) is 18.2 Å². The monoisotopic (exact) mass is 349 g/mol. The lowest BCUT2D eigenvalue weighted by Gasteiger charge is -2.36.